The van der Waals surface area contributed by atoms with Crippen molar-refractivity contribution < 1.29 is 19.8 Å². The number of nitrogens with zero attached hydrogens (tertiary/aromatic N) is 1. The van der Waals surface area contributed by atoms with Crippen LogP contribution in [-0.4, -0.2) is 43.0 Å². The Morgan fingerprint density at radius 3 is 2.56 bits per heavy atom. The average Bonchev–Trinajstić information content (AvgIpc) is 2.29. The molecule has 1 aromatic rings. The Morgan fingerprint density at radius 2 is 2.00 bits per heavy atom. The fourth-order valence-corrected chi connectivity index (χ4v) is 1.15. The number of rotatable bonds is 6. The summed E-state index contributed by atoms with van der Waals surface area (Å²) in [5.41, 5.74) is 0.771. The number of methoxy groups -OCH3 is 1. The SMILES string of the molecule is COCC(O)COc1ccc(/C=N/O)cc1. The molecule has 5 heteroatoms. The van der Waals surface area contributed by atoms with Crippen LogP contribution in [0.25, 0.3) is 0 Å². The van der Waals surface area contributed by atoms with E-state index < -0.39 is 6.10 Å². The molecule has 0 amide bonds. The number of aliphatic hydroxyl groups is 1. The molecule has 0 aliphatic heterocycles. The molecule has 1 aromatic carbocycles. The van der Waals surface area contributed by atoms with Crippen molar-refractivity contribution in [2.45, 2.75) is 6.10 Å². The van der Waals surface area contributed by atoms with Crippen LogP contribution >= 0.6 is 0 Å². The van der Waals surface area contributed by atoms with Gasteiger partial charge < -0.3 is 19.8 Å². The van der Waals surface area contributed by atoms with Crippen molar-refractivity contribution in [1.82, 2.24) is 0 Å². The molecule has 16 heavy (non-hydrogen) atoms. The predicted molar refractivity (Wildman–Crippen MR) is 59.2 cm³/mol. The number of hydrogen-bond donors (Lipinski definition) is 2. The van der Waals surface area contributed by atoms with Crippen molar-refractivity contribution in [2.75, 3.05) is 20.3 Å². The molecule has 1 rings (SSSR count). The number of hydrogen-bond acceptors (Lipinski definition) is 5. The van der Waals surface area contributed by atoms with Gasteiger partial charge in [-0.25, -0.2) is 0 Å². The Kier molecular flexibility index (Phi) is 5.31. The Labute approximate surface area is 93.9 Å². The minimum absolute atomic E-state index is 0.182. The zero-order chi connectivity index (χ0) is 11.8. The number of aliphatic hydroxyl groups excluding tert-OH is 1. The fourth-order valence-electron chi connectivity index (χ4n) is 1.15. The summed E-state index contributed by atoms with van der Waals surface area (Å²) in [4.78, 5) is 0. The summed E-state index contributed by atoms with van der Waals surface area (Å²) >= 11 is 0. The molecule has 88 valence electrons. The second-order valence-electron chi connectivity index (χ2n) is 3.23. The molecular weight excluding hydrogens is 210 g/mol. The highest BCUT2D eigenvalue weighted by Gasteiger charge is 2.03. The first kappa shape index (κ1) is 12.5. The van der Waals surface area contributed by atoms with E-state index in [1.54, 1.807) is 24.3 Å². The summed E-state index contributed by atoms with van der Waals surface area (Å²) in [6, 6.07) is 6.96. The minimum Gasteiger partial charge on any atom is -0.491 e. The van der Waals surface area contributed by atoms with Gasteiger partial charge in [0.15, 0.2) is 0 Å². The minimum atomic E-state index is -0.635. The second kappa shape index (κ2) is 6.81. The van der Waals surface area contributed by atoms with Crippen molar-refractivity contribution in [3.63, 3.8) is 0 Å². The van der Waals surface area contributed by atoms with Crippen LogP contribution in [0.5, 0.6) is 5.75 Å². The molecule has 0 aromatic heterocycles. The van der Waals surface area contributed by atoms with Crippen LogP contribution in [0.1, 0.15) is 5.56 Å². The van der Waals surface area contributed by atoms with Gasteiger partial charge in [0.25, 0.3) is 0 Å². The Bertz CT molecular complexity index is 323. The van der Waals surface area contributed by atoms with Crippen LogP contribution in [0, 0.1) is 0 Å². The zero-order valence-electron chi connectivity index (χ0n) is 9.04. The standard InChI is InChI=1S/C11H15NO4/c1-15-7-10(13)8-16-11-4-2-9(3-5-11)6-12-14/h2-6,10,13-14H,7-8H2,1H3/b12-6+. The first-order chi connectivity index (χ1) is 7.76. The summed E-state index contributed by atoms with van der Waals surface area (Å²) < 4.78 is 10.1. The smallest absolute Gasteiger partial charge is 0.119 e. The third-order valence-corrected chi connectivity index (χ3v) is 1.89. The lowest BCUT2D eigenvalue weighted by atomic mass is 10.2. The van der Waals surface area contributed by atoms with Crippen molar-refractivity contribution in [3.05, 3.63) is 29.8 Å². The molecule has 0 aliphatic carbocycles. The van der Waals surface area contributed by atoms with E-state index in [2.05, 4.69) is 5.16 Å². The van der Waals surface area contributed by atoms with Gasteiger partial charge in [0, 0.05) is 7.11 Å². The molecule has 0 aliphatic rings. The van der Waals surface area contributed by atoms with Gasteiger partial charge in [-0.15, -0.1) is 0 Å². The van der Waals surface area contributed by atoms with Gasteiger partial charge in [-0.2, -0.15) is 0 Å². The number of benzene rings is 1. The normalized spacial score (nSPS) is 12.9. The molecule has 0 saturated carbocycles. The quantitative estimate of drug-likeness (QED) is 0.428. The molecular formula is C11H15NO4. The summed E-state index contributed by atoms with van der Waals surface area (Å²) in [5.74, 6) is 0.644. The maximum Gasteiger partial charge on any atom is 0.119 e. The Hall–Kier alpha value is -1.59. The molecule has 0 saturated heterocycles. The number of ether oxygens (including phenoxy) is 2. The van der Waals surface area contributed by atoms with Gasteiger partial charge >= 0.3 is 0 Å². The largest absolute Gasteiger partial charge is 0.491 e. The average molecular weight is 225 g/mol. The van der Waals surface area contributed by atoms with Gasteiger partial charge in [-0.05, 0) is 29.8 Å². The Balaban J connectivity index is 2.43. The van der Waals surface area contributed by atoms with Crippen molar-refractivity contribution in [3.8, 4) is 5.75 Å². The van der Waals surface area contributed by atoms with Crippen LogP contribution in [0.2, 0.25) is 0 Å². The molecule has 1 atom stereocenters. The van der Waals surface area contributed by atoms with Gasteiger partial charge in [0.1, 0.15) is 18.5 Å². The maximum absolute atomic E-state index is 9.35. The van der Waals surface area contributed by atoms with Crippen LogP contribution in [-0.2, 0) is 4.74 Å². The Morgan fingerprint density at radius 1 is 1.31 bits per heavy atom. The fraction of sp³-hybridized carbons (Fsp3) is 0.364. The first-order valence-corrected chi connectivity index (χ1v) is 4.83. The lowest BCUT2D eigenvalue weighted by Crippen LogP contribution is -2.22. The monoisotopic (exact) mass is 225 g/mol. The van der Waals surface area contributed by atoms with Crippen molar-refractivity contribution >= 4 is 6.21 Å². The topological polar surface area (TPSA) is 71.3 Å². The van der Waals surface area contributed by atoms with Gasteiger partial charge in [0.05, 0.1) is 12.8 Å². The zero-order valence-corrected chi connectivity index (χ0v) is 9.04. The van der Waals surface area contributed by atoms with Crippen LogP contribution < -0.4 is 4.74 Å². The molecule has 5 nitrogen and oxygen atoms in total. The summed E-state index contributed by atoms with van der Waals surface area (Å²) in [6.07, 6.45) is 0.687. The third kappa shape index (κ3) is 4.29. The van der Waals surface area contributed by atoms with Crippen molar-refractivity contribution in [2.24, 2.45) is 5.16 Å². The van der Waals surface area contributed by atoms with Gasteiger partial charge in [0.2, 0.25) is 0 Å². The second-order valence-corrected chi connectivity index (χ2v) is 3.23. The molecule has 0 spiro atoms. The van der Waals surface area contributed by atoms with Gasteiger partial charge in [-0.1, -0.05) is 5.16 Å². The molecule has 1 unspecified atom stereocenters. The van der Waals surface area contributed by atoms with E-state index >= 15 is 0 Å². The first-order valence-electron chi connectivity index (χ1n) is 4.83. The van der Waals surface area contributed by atoms with E-state index in [1.165, 1.54) is 13.3 Å². The molecule has 0 radical (unpaired) electrons. The highest BCUT2D eigenvalue weighted by atomic mass is 16.5. The van der Waals surface area contributed by atoms with E-state index in [-0.39, 0.29) is 13.2 Å². The summed E-state index contributed by atoms with van der Waals surface area (Å²) in [6.45, 7) is 0.427. The van der Waals surface area contributed by atoms with E-state index in [9.17, 15) is 5.11 Å². The van der Waals surface area contributed by atoms with Crippen molar-refractivity contribution in [1.29, 1.82) is 0 Å². The van der Waals surface area contributed by atoms with E-state index in [0.717, 1.165) is 5.56 Å². The van der Waals surface area contributed by atoms with E-state index in [0.29, 0.717) is 5.75 Å². The summed E-state index contributed by atoms with van der Waals surface area (Å²) in [5, 5.41) is 20.6. The highest BCUT2D eigenvalue weighted by molar-refractivity contribution is 5.79. The molecule has 2 N–H and O–H groups in total. The maximum atomic E-state index is 9.35. The number of oxime groups is 1. The highest BCUT2D eigenvalue weighted by Crippen LogP contribution is 2.11. The van der Waals surface area contributed by atoms with E-state index in [4.69, 9.17) is 14.7 Å². The summed E-state index contributed by atoms with van der Waals surface area (Å²) in [7, 11) is 1.52. The van der Waals surface area contributed by atoms with Gasteiger partial charge in [-0.3, -0.25) is 0 Å². The molecule has 0 heterocycles. The lowest BCUT2D eigenvalue weighted by Gasteiger charge is -2.11. The van der Waals surface area contributed by atoms with Crippen LogP contribution in [0.4, 0.5) is 0 Å². The van der Waals surface area contributed by atoms with E-state index in [1.807, 2.05) is 0 Å². The molecule has 0 bridgehead atoms. The predicted octanol–water partition coefficient (Wildman–Crippen LogP) is 0.881. The van der Waals surface area contributed by atoms with Crippen LogP contribution in [0.3, 0.4) is 0 Å². The van der Waals surface area contributed by atoms with Crippen LogP contribution in [0.15, 0.2) is 29.4 Å². The molecule has 0 fully saturated rings. The lowest BCUT2D eigenvalue weighted by molar-refractivity contribution is 0.0325. The third-order valence-electron chi connectivity index (χ3n) is 1.89.